The van der Waals surface area contributed by atoms with E-state index in [1.807, 2.05) is 6.07 Å². The summed E-state index contributed by atoms with van der Waals surface area (Å²) in [5.41, 5.74) is 1.19. The third-order valence-corrected chi connectivity index (χ3v) is 3.95. The summed E-state index contributed by atoms with van der Waals surface area (Å²) in [5, 5.41) is 3.19. The zero-order valence-corrected chi connectivity index (χ0v) is 13.9. The lowest BCUT2D eigenvalue weighted by atomic mass is 10.1. The van der Waals surface area contributed by atoms with Crippen molar-refractivity contribution in [1.82, 2.24) is 5.32 Å². The fraction of sp³-hybridized carbons (Fsp3) is 0.0588. The fourth-order valence-corrected chi connectivity index (χ4v) is 2.65. The van der Waals surface area contributed by atoms with Crippen molar-refractivity contribution in [2.75, 3.05) is 4.90 Å². The number of carbonyl (C=O) groups is 2. The molecule has 120 valence electrons. The molecule has 7 heteroatoms. The van der Waals surface area contributed by atoms with Crippen LogP contribution in [0.1, 0.15) is 0 Å². The van der Waals surface area contributed by atoms with Crippen molar-refractivity contribution >= 4 is 58.3 Å². The number of anilines is 1. The number of carbonyl (C=O) groups excluding carboxylic acids is 2. The fourth-order valence-electron chi connectivity index (χ4n) is 2.23. The molecule has 1 saturated heterocycles. The molecule has 2 aromatic carbocycles. The molecule has 1 atom stereocenters. The van der Waals surface area contributed by atoms with E-state index in [2.05, 4.69) is 10.3 Å². The average molecular weight is 358 g/mol. The summed E-state index contributed by atoms with van der Waals surface area (Å²) in [5.74, 6) is -1.98. The molecule has 0 bridgehead atoms. The maximum Gasteiger partial charge on any atom is 0.251 e. The van der Waals surface area contributed by atoms with Crippen molar-refractivity contribution in [3.63, 3.8) is 0 Å². The number of rotatable bonds is 3. The van der Waals surface area contributed by atoms with Gasteiger partial charge in [-0.2, -0.15) is 0 Å². The van der Waals surface area contributed by atoms with Crippen LogP contribution in [0.25, 0.3) is 0 Å². The summed E-state index contributed by atoms with van der Waals surface area (Å²) in [7, 11) is 0. The van der Waals surface area contributed by atoms with Crippen molar-refractivity contribution < 1.29 is 9.59 Å². The van der Waals surface area contributed by atoms with E-state index in [9.17, 15) is 9.59 Å². The van der Waals surface area contributed by atoms with Gasteiger partial charge in [0, 0.05) is 11.2 Å². The number of benzene rings is 2. The van der Waals surface area contributed by atoms with Crippen LogP contribution in [0.3, 0.4) is 0 Å². The lowest BCUT2D eigenvalue weighted by Crippen LogP contribution is -2.58. The molecular weight excluding hydrogens is 346 g/mol. The Morgan fingerprint density at radius 2 is 1.75 bits per heavy atom. The highest BCUT2D eigenvalue weighted by molar-refractivity contribution is 7.80. The van der Waals surface area contributed by atoms with Crippen LogP contribution in [0, 0.1) is 5.92 Å². The van der Waals surface area contributed by atoms with Crippen LogP contribution in [0.5, 0.6) is 0 Å². The van der Waals surface area contributed by atoms with E-state index in [-0.39, 0.29) is 5.11 Å². The number of aliphatic imine (C=N–C) groups is 1. The number of hydrogen-bond donors (Lipinski definition) is 1. The van der Waals surface area contributed by atoms with E-state index >= 15 is 0 Å². The molecule has 1 aliphatic heterocycles. The number of para-hydroxylation sites is 1. The predicted octanol–water partition coefficient (Wildman–Crippen LogP) is 3.11. The van der Waals surface area contributed by atoms with E-state index in [0.29, 0.717) is 16.4 Å². The van der Waals surface area contributed by atoms with Gasteiger partial charge in [0.15, 0.2) is 11.0 Å². The predicted molar refractivity (Wildman–Crippen MR) is 97.8 cm³/mol. The molecule has 1 aliphatic rings. The third kappa shape index (κ3) is 3.34. The largest absolute Gasteiger partial charge is 0.301 e. The van der Waals surface area contributed by atoms with Gasteiger partial charge in [-0.3, -0.25) is 19.5 Å². The summed E-state index contributed by atoms with van der Waals surface area (Å²) in [6.45, 7) is 0. The molecule has 0 saturated carbocycles. The van der Waals surface area contributed by atoms with Crippen LogP contribution in [-0.2, 0) is 9.59 Å². The molecule has 24 heavy (non-hydrogen) atoms. The number of amides is 2. The highest BCUT2D eigenvalue weighted by Gasteiger charge is 2.38. The Morgan fingerprint density at radius 1 is 1.08 bits per heavy atom. The molecule has 0 aromatic heterocycles. The maximum atomic E-state index is 12.7. The quantitative estimate of drug-likeness (QED) is 0.521. The highest BCUT2D eigenvalue weighted by atomic mass is 35.5. The molecule has 1 fully saturated rings. The lowest BCUT2D eigenvalue weighted by molar-refractivity contribution is -0.130. The normalized spacial score (nSPS) is 18.1. The van der Waals surface area contributed by atoms with Crippen molar-refractivity contribution in [3.05, 3.63) is 59.6 Å². The maximum absolute atomic E-state index is 12.7. The topological polar surface area (TPSA) is 61.8 Å². The van der Waals surface area contributed by atoms with E-state index in [4.69, 9.17) is 23.8 Å². The minimum atomic E-state index is -1.05. The summed E-state index contributed by atoms with van der Waals surface area (Å²) in [4.78, 5) is 30.3. The van der Waals surface area contributed by atoms with Gasteiger partial charge in [0.05, 0.1) is 11.4 Å². The Balaban J connectivity index is 1.87. The Hall–Kier alpha value is -2.57. The number of halogens is 1. The molecule has 0 spiro atoms. The van der Waals surface area contributed by atoms with Gasteiger partial charge in [0.1, 0.15) is 0 Å². The van der Waals surface area contributed by atoms with Gasteiger partial charge in [0.25, 0.3) is 5.91 Å². The van der Waals surface area contributed by atoms with Gasteiger partial charge in [-0.1, -0.05) is 29.8 Å². The van der Waals surface area contributed by atoms with Crippen LogP contribution in [0.2, 0.25) is 5.02 Å². The highest BCUT2D eigenvalue weighted by Crippen LogP contribution is 2.21. The summed E-state index contributed by atoms with van der Waals surface area (Å²) in [6, 6.07) is 15.7. The minimum Gasteiger partial charge on any atom is -0.301 e. The van der Waals surface area contributed by atoms with Gasteiger partial charge >= 0.3 is 0 Å². The first-order chi connectivity index (χ1) is 11.6. The molecule has 2 aromatic rings. The van der Waals surface area contributed by atoms with E-state index in [1.54, 1.807) is 48.5 Å². The summed E-state index contributed by atoms with van der Waals surface area (Å²) >= 11 is 10.9. The molecule has 0 unspecified atom stereocenters. The average Bonchev–Trinajstić information content (AvgIpc) is 2.57. The number of nitrogens with zero attached hydrogens (tertiary/aromatic N) is 2. The zero-order chi connectivity index (χ0) is 17.1. The zero-order valence-electron chi connectivity index (χ0n) is 12.3. The first-order valence-corrected chi connectivity index (χ1v) is 7.88. The number of nitrogens with one attached hydrogen (secondary N) is 1. The Bertz CT molecular complexity index is 821. The second-order valence-corrected chi connectivity index (χ2v) is 5.86. The van der Waals surface area contributed by atoms with Crippen LogP contribution in [-0.4, -0.2) is 23.1 Å². The van der Waals surface area contributed by atoms with Gasteiger partial charge in [0.2, 0.25) is 5.91 Å². The smallest absolute Gasteiger partial charge is 0.251 e. The van der Waals surface area contributed by atoms with Crippen molar-refractivity contribution in [2.24, 2.45) is 10.9 Å². The third-order valence-electron chi connectivity index (χ3n) is 3.42. The molecule has 1 heterocycles. The molecular formula is C17H12ClN3O2S. The van der Waals surface area contributed by atoms with E-state index in [0.717, 1.165) is 0 Å². The first kappa shape index (κ1) is 16.3. The van der Waals surface area contributed by atoms with Crippen LogP contribution >= 0.6 is 23.8 Å². The molecule has 3 rings (SSSR count). The number of thiocarbonyl (C=S) groups is 1. The standard InChI is InChI=1S/C17H12ClN3O2S/c18-11-6-8-12(9-7-11)19-10-14-15(22)20-17(24)21(16(14)23)13-4-2-1-3-5-13/h1-10,14H,(H,20,22,24)/t14-/m1/s1. The Kier molecular flexibility index (Phi) is 4.69. The molecule has 0 radical (unpaired) electrons. The van der Waals surface area contributed by atoms with Gasteiger partial charge in [-0.25, -0.2) is 0 Å². The van der Waals surface area contributed by atoms with Gasteiger partial charge < -0.3 is 5.32 Å². The molecule has 2 amide bonds. The minimum absolute atomic E-state index is 0.0624. The van der Waals surface area contributed by atoms with Crippen LogP contribution < -0.4 is 10.2 Å². The molecule has 1 N–H and O–H groups in total. The van der Waals surface area contributed by atoms with Gasteiger partial charge in [-0.05, 0) is 48.6 Å². The Labute approximate surface area is 148 Å². The monoisotopic (exact) mass is 357 g/mol. The lowest BCUT2D eigenvalue weighted by Gasteiger charge is -2.30. The van der Waals surface area contributed by atoms with Gasteiger partial charge in [-0.15, -0.1) is 0 Å². The SMILES string of the molecule is O=C1NC(=S)N(c2ccccc2)C(=O)[C@@H]1C=Nc1ccc(Cl)cc1. The van der Waals surface area contributed by atoms with Crippen LogP contribution in [0.15, 0.2) is 59.6 Å². The Morgan fingerprint density at radius 3 is 2.42 bits per heavy atom. The van der Waals surface area contributed by atoms with Crippen molar-refractivity contribution in [2.45, 2.75) is 0 Å². The van der Waals surface area contributed by atoms with Crippen molar-refractivity contribution in [1.29, 1.82) is 0 Å². The second kappa shape index (κ2) is 6.90. The first-order valence-electron chi connectivity index (χ1n) is 7.10. The van der Waals surface area contributed by atoms with Crippen LogP contribution in [0.4, 0.5) is 11.4 Å². The molecule has 5 nitrogen and oxygen atoms in total. The number of hydrogen-bond acceptors (Lipinski definition) is 4. The van der Waals surface area contributed by atoms with Crippen molar-refractivity contribution in [3.8, 4) is 0 Å². The summed E-state index contributed by atoms with van der Waals surface area (Å²) in [6.07, 6.45) is 1.32. The van der Waals surface area contributed by atoms with E-state index in [1.165, 1.54) is 11.1 Å². The summed E-state index contributed by atoms with van der Waals surface area (Å²) < 4.78 is 0. The second-order valence-electron chi connectivity index (χ2n) is 5.04. The van der Waals surface area contributed by atoms with E-state index < -0.39 is 17.7 Å². The molecule has 0 aliphatic carbocycles.